The molecule has 0 heterocycles. The molecule has 100 valence electrons. The van der Waals surface area contributed by atoms with Gasteiger partial charge in [-0.05, 0) is 42.0 Å². The molecule has 2 heteroatoms. The van der Waals surface area contributed by atoms with Crippen LogP contribution >= 0.6 is 0 Å². The summed E-state index contributed by atoms with van der Waals surface area (Å²) in [6.45, 7) is 4.68. The highest BCUT2D eigenvalue weighted by Gasteiger charge is 2.03. The summed E-state index contributed by atoms with van der Waals surface area (Å²) in [5.41, 5.74) is 2.22. The van der Waals surface area contributed by atoms with Crippen LogP contribution in [0.2, 0.25) is 0 Å². The smallest absolute Gasteiger partial charge is 0.220 e. The molecule has 0 aromatic heterocycles. The van der Waals surface area contributed by atoms with E-state index in [0.29, 0.717) is 18.3 Å². The molecule has 2 rings (SSSR count). The Bertz CT molecular complexity index is 553. The van der Waals surface area contributed by atoms with Crippen molar-refractivity contribution in [2.24, 2.45) is 0 Å². The van der Waals surface area contributed by atoms with E-state index in [2.05, 4.69) is 32.1 Å². The van der Waals surface area contributed by atoms with Crippen molar-refractivity contribution in [3.8, 4) is 5.75 Å². The van der Waals surface area contributed by atoms with Crippen LogP contribution in [0.1, 0.15) is 38.2 Å². The summed E-state index contributed by atoms with van der Waals surface area (Å²) in [7, 11) is 0. The summed E-state index contributed by atoms with van der Waals surface area (Å²) in [5.74, 6) is 0.829. The standard InChI is InChI=1S/C17H20O2/c1-13(2)15-8-10-16(18)17(11-9-15)19-12-14-6-4-3-5-7-14/h4,6-11,13H,3,5,12H2,1-2H3. The molecule has 0 unspecified atom stereocenters. The van der Waals surface area contributed by atoms with Gasteiger partial charge in [0.15, 0.2) is 5.75 Å². The van der Waals surface area contributed by atoms with Crippen LogP contribution in [0.25, 0.3) is 0 Å². The van der Waals surface area contributed by atoms with Gasteiger partial charge in [0.05, 0.1) is 0 Å². The molecule has 1 aliphatic rings. The van der Waals surface area contributed by atoms with Crippen LogP contribution < -0.4 is 10.2 Å². The van der Waals surface area contributed by atoms with E-state index >= 15 is 0 Å². The second kappa shape index (κ2) is 6.37. The summed E-state index contributed by atoms with van der Waals surface area (Å²) in [6, 6.07) is 7.21. The quantitative estimate of drug-likeness (QED) is 0.818. The fourth-order valence-electron chi connectivity index (χ4n) is 2.00. The predicted octanol–water partition coefficient (Wildman–Crippen LogP) is 3.83. The van der Waals surface area contributed by atoms with E-state index in [9.17, 15) is 4.79 Å². The lowest BCUT2D eigenvalue weighted by Gasteiger charge is -2.07. The third kappa shape index (κ3) is 3.82. The monoisotopic (exact) mass is 256 g/mol. The van der Waals surface area contributed by atoms with E-state index in [0.717, 1.165) is 24.0 Å². The zero-order chi connectivity index (χ0) is 13.7. The highest BCUT2D eigenvalue weighted by atomic mass is 16.5. The van der Waals surface area contributed by atoms with Crippen LogP contribution in [-0.2, 0) is 0 Å². The Balaban J connectivity index is 2.12. The SMILES string of the molecule is CC(C)c1ccc(OCC2=CCCC=C2)c(=O)cc1. The fourth-order valence-corrected chi connectivity index (χ4v) is 2.00. The maximum Gasteiger partial charge on any atom is 0.220 e. The van der Waals surface area contributed by atoms with E-state index in [4.69, 9.17) is 4.74 Å². The van der Waals surface area contributed by atoms with Gasteiger partial charge in [-0.2, -0.15) is 0 Å². The zero-order valence-electron chi connectivity index (χ0n) is 11.6. The molecule has 0 saturated carbocycles. The van der Waals surface area contributed by atoms with Crippen molar-refractivity contribution in [2.45, 2.75) is 32.6 Å². The van der Waals surface area contributed by atoms with Crippen molar-refractivity contribution in [1.82, 2.24) is 0 Å². The third-order valence-electron chi connectivity index (χ3n) is 3.23. The van der Waals surface area contributed by atoms with Crippen LogP contribution in [0.15, 0.2) is 52.9 Å². The zero-order valence-corrected chi connectivity index (χ0v) is 11.6. The fraction of sp³-hybridized carbons (Fsp3) is 0.353. The molecule has 1 aromatic rings. The molecular weight excluding hydrogens is 236 g/mol. The molecule has 0 saturated heterocycles. The Morgan fingerprint density at radius 1 is 1.16 bits per heavy atom. The number of hydrogen-bond acceptors (Lipinski definition) is 2. The second-order valence-corrected chi connectivity index (χ2v) is 5.10. The van der Waals surface area contributed by atoms with Gasteiger partial charge >= 0.3 is 0 Å². The van der Waals surface area contributed by atoms with E-state index in [1.54, 1.807) is 12.1 Å². The van der Waals surface area contributed by atoms with Gasteiger partial charge < -0.3 is 4.74 Å². The molecule has 19 heavy (non-hydrogen) atoms. The van der Waals surface area contributed by atoms with Gasteiger partial charge in [0.1, 0.15) is 6.61 Å². The lowest BCUT2D eigenvalue weighted by atomic mass is 10.1. The molecule has 0 fully saturated rings. The van der Waals surface area contributed by atoms with E-state index in [-0.39, 0.29) is 5.43 Å². The largest absolute Gasteiger partial charge is 0.485 e. The van der Waals surface area contributed by atoms with Crippen LogP contribution in [0.4, 0.5) is 0 Å². The number of allylic oxidation sites excluding steroid dienone is 2. The molecule has 0 bridgehead atoms. The van der Waals surface area contributed by atoms with E-state index < -0.39 is 0 Å². The third-order valence-corrected chi connectivity index (χ3v) is 3.23. The molecule has 0 N–H and O–H groups in total. The molecule has 1 aromatic carbocycles. The van der Waals surface area contributed by atoms with Gasteiger partial charge in [-0.25, -0.2) is 0 Å². The van der Waals surface area contributed by atoms with Gasteiger partial charge in [0, 0.05) is 0 Å². The average molecular weight is 256 g/mol. The van der Waals surface area contributed by atoms with Crippen molar-refractivity contribution in [3.05, 3.63) is 63.9 Å². The first-order valence-corrected chi connectivity index (χ1v) is 6.79. The van der Waals surface area contributed by atoms with Crippen molar-refractivity contribution >= 4 is 0 Å². The van der Waals surface area contributed by atoms with Crippen LogP contribution in [-0.4, -0.2) is 6.61 Å². The summed E-state index contributed by atoms with van der Waals surface area (Å²) >= 11 is 0. The van der Waals surface area contributed by atoms with Gasteiger partial charge in [-0.3, -0.25) is 4.79 Å². The first-order chi connectivity index (χ1) is 9.16. The number of rotatable bonds is 4. The Morgan fingerprint density at radius 2 is 1.95 bits per heavy atom. The van der Waals surface area contributed by atoms with Gasteiger partial charge in [-0.1, -0.05) is 44.2 Å². The molecule has 0 amide bonds. The minimum Gasteiger partial charge on any atom is -0.485 e. The van der Waals surface area contributed by atoms with Gasteiger partial charge in [0.25, 0.3) is 0 Å². The highest BCUT2D eigenvalue weighted by molar-refractivity contribution is 5.28. The summed E-state index contributed by atoms with van der Waals surface area (Å²) in [6.07, 6.45) is 8.51. The minimum absolute atomic E-state index is 0.0627. The molecule has 1 aliphatic carbocycles. The van der Waals surface area contributed by atoms with Gasteiger partial charge in [0.2, 0.25) is 5.43 Å². The van der Waals surface area contributed by atoms with Gasteiger partial charge in [-0.15, -0.1) is 0 Å². The topological polar surface area (TPSA) is 26.3 Å². The van der Waals surface area contributed by atoms with Crippen LogP contribution in [0, 0.1) is 0 Å². The lowest BCUT2D eigenvalue weighted by Crippen LogP contribution is -2.07. The molecule has 0 aliphatic heterocycles. The van der Waals surface area contributed by atoms with E-state index in [1.807, 2.05) is 12.1 Å². The Labute approximate surface area is 114 Å². The summed E-state index contributed by atoms with van der Waals surface area (Å²) in [4.78, 5) is 11.9. The number of ether oxygens (including phenoxy) is 1. The van der Waals surface area contributed by atoms with Crippen molar-refractivity contribution < 1.29 is 4.74 Å². The molecule has 0 atom stereocenters. The van der Waals surface area contributed by atoms with Crippen LogP contribution in [0.5, 0.6) is 5.75 Å². The van der Waals surface area contributed by atoms with E-state index in [1.165, 1.54) is 0 Å². The highest BCUT2D eigenvalue weighted by Crippen LogP contribution is 2.15. The van der Waals surface area contributed by atoms with Crippen LogP contribution in [0.3, 0.4) is 0 Å². The van der Waals surface area contributed by atoms with Crippen molar-refractivity contribution in [1.29, 1.82) is 0 Å². The number of hydrogen-bond donors (Lipinski definition) is 0. The lowest BCUT2D eigenvalue weighted by molar-refractivity contribution is 0.352. The Kier molecular flexibility index (Phi) is 4.56. The Morgan fingerprint density at radius 3 is 2.63 bits per heavy atom. The predicted molar refractivity (Wildman–Crippen MR) is 78.8 cm³/mol. The molecule has 0 spiro atoms. The molecular formula is C17H20O2. The van der Waals surface area contributed by atoms with Crippen molar-refractivity contribution in [3.63, 3.8) is 0 Å². The summed E-state index contributed by atoms with van der Waals surface area (Å²) < 4.78 is 5.64. The first-order valence-electron chi connectivity index (χ1n) is 6.79. The maximum atomic E-state index is 11.9. The second-order valence-electron chi connectivity index (χ2n) is 5.10. The first kappa shape index (κ1) is 13.6. The van der Waals surface area contributed by atoms with Crippen molar-refractivity contribution in [2.75, 3.05) is 6.61 Å². The Hall–Kier alpha value is -1.83. The normalized spacial score (nSPS) is 14.4. The minimum atomic E-state index is -0.0627. The maximum absolute atomic E-state index is 11.9. The summed E-state index contributed by atoms with van der Waals surface area (Å²) in [5, 5.41) is 0. The average Bonchev–Trinajstić information content (AvgIpc) is 2.60. The molecule has 0 radical (unpaired) electrons. The molecule has 2 nitrogen and oxygen atoms in total.